The molecule has 2 atom stereocenters. The van der Waals surface area contributed by atoms with E-state index in [9.17, 15) is 5.11 Å². The highest BCUT2D eigenvalue weighted by Gasteiger charge is 2.17. The molecule has 0 amide bonds. The van der Waals surface area contributed by atoms with Crippen LogP contribution >= 0.6 is 0 Å². The molecule has 0 bridgehead atoms. The van der Waals surface area contributed by atoms with E-state index in [1.807, 2.05) is 26.0 Å². The Morgan fingerprint density at radius 3 is 2.00 bits per heavy atom. The minimum atomic E-state index is 0.0702. The second-order valence-electron chi connectivity index (χ2n) is 4.63. The fourth-order valence-electron chi connectivity index (χ4n) is 2.10. The monoisotopic (exact) mass is 283 g/mol. The van der Waals surface area contributed by atoms with Crippen molar-refractivity contribution in [3.05, 3.63) is 17.7 Å². The third-order valence-electron chi connectivity index (χ3n) is 3.39. The van der Waals surface area contributed by atoms with Gasteiger partial charge in [-0.15, -0.1) is 0 Å². The summed E-state index contributed by atoms with van der Waals surface area (Å²) in [5, 5.41) is 12.6. The lowest BCUT2D eigenvalue weighted by molar-refractivity contribution is 0.230. The van der Waals surface area contributed by atoms with Gasteiger partial charge in [-0.05, 0) is 31.0 Å². The number of benzene rings is 1. The van der Waals surface area contributed by atoms with Gasteiger partial charge < -0.3 is 24.6 Å². The Hall–Kier alpha value is -1.46. The van der Waals surface area contributed by atoms with Gasteiger partial charge in [-0.3, -0.25) is 0 Å². The van der Waals surface area contributed by atoms with Crippen molar-refractivity contribution < 1.29 is 19.3 Å². The van der Waals surface area contributed by atoms with Crippen molar-refractivity contribution in [3.8, 4) is 17.2 Å². The van der Waals surface area contributed by atoms with Crippen molar-refractivity contribution in [2.45, 2.75) is 32.4 Å². The molecule has 114 valence electrons. The Morgan fingerprint density at radius 1 is 1.10 bits per heavy atom. The predicted octanol–water partition coefficient (Wildman–Crippen LogP) is 2.13. The zero-order chi connectivity index (χ0) is 15.1. The van der Waals surface area contributed by atoms with E-state index in [0.717, 1.165) is 12.0 Å². The summed E-state index contributed by atoms with van der Waals surface area (Å²) in [5.74, 6) is 1.85. The van der Waals surface area contributed by atoms with Gasteiger partial charge in [-0.1, -0.05) is 6.92 Å². The fourth-order valence-corrected chi connectivity index (χ4v) is 2.10. The molecule has 0 heterocycles. The Balaban J connectivity index is 3.05. The van der Waals surface area contributed by atoms with E-state index in [1.54, 1.807) is 21.3 Å². The predicted molar refractivity (Wildman–Crippen MR) is 78.8 cm³/mol. The second-order valence-corrected chi connectivity index (χ2v) is 4.63. The summed E-state index contributed by atoms with van der Waals surface area (Å²) >= 11 is 0. The summed E-state index contributed by atoms with van der Waals surface area (Å²) in [5.41, 5.74) is 1.02. The Bertz CT molecular complexity index is 393. The SMILES string of the molecule is CC[C@@H](CO)NC(C)c1cc(OC)c(OC)c(OC)c1. The summed E-state index contributed by atoms with van der Waals surface area (Å²) in [6.07, 6.45) is 0.866. The number of hydrogen-bond acceptors (Lipinski definition) is 5. The number of methoxy groups -OCH3 is 3. The minimum absolute atomic E-state index is 0.0702. The van der Waals surface area contributed by atoms with Gasteiger partial charge >= 0.3 is 0 Å². The number of rotatable bonds is 8. The van der Waals surface area contributed by atoms with Crippen LogP contribution in [0.3, 0.4) is 0 Å². The highest BCUT2D eigenvalue weighted by molar-refractivity contribution is 5.54. The lowest BCUT2D eigenvalue weighted by atomic mass is 10.1. The number of aliphatic hydroxyl groups excluding tert-OH is 1. The Kier molecular flexibility index (Phi) is 6.61. The molecule has 1 aromatic rings. The molecule has 0 aliphatic heterocycles. The van der Waals surface area contributed by atoms with Crippen molar-refractivity contribution in [3.63, 3.8) is 0 Å². The van der Waals surface area contributed by atoms with Crippen molar-refractivity contribution in [2.75, 3.05) is 27.9 Å². The van der Waals surface area contributed by atoms with Crippen LogP contribution in [0.25, 0.3) is 0 Å². The highest BCUT2D eigenvalue weighted by atomic mass is 16.5. The molecule has 0 saturated carbocycles. The third-order valence-corrected chi connectivity index (χ3v) is 3.39. The van der Waals surface area contributed by atoms with Crippen molar-refractivity contribution in [1.82, 2.24) is 5.32 Å². The van der Waals surface area contributed by atoms with Crippen molar-refractivity contribution in [2.24, 2.45) is 0 Å². The van der Waals surface area contributed by atoms with E-state index in [4.69, 9.17) is 14.2 Å². The average Bonchev–Trinajstić information content (AvgIpc) is 2.50. The molecule has 1 aromatic carbocycles. The Labute approximate surface area is 120 Å². The number of nitrogens with one attached hydrogen (secondary N) is 1. The maximum Gasteiger partial charge on any atom is 0.203 e. The fraction of sp³-hybridized carbons (Fsp3) is 0.600. The summed E-state index contributed by atoms with van der Waals surface area (Å²) in [6, 6.07) is 3.98. The van der Waals surface area contributed by atoms with E-state index in [0.29, 0.717) is 17.2 Å². The molecule has 5 heteroatoms. The smallest absolute Gasteiger partial charge is 0.203 e. The molecule has 5 nitrogen and oxygen atoms in total. The maximum absolute atomic E-state index is 9.27. The normalized spacial score (nSPS) is 13.7. The third kappa shape index (κ3) is 3.77. The molecule has 0 spiro atoms. The first-order valence-electron chi connectivity index (χ1n) is 6.78. The zero-order valence-corrected chi connectivity index (χ0v) is 12.9. The quantitative estimate of drug-likeness (QED) is 0.765. The molecular formula is C15H25NO4. The van der Waals surface area contributed by atoms with Gasteiger partial charge in [0.05, 0.1) is 27.9 Å². The van der Waals surface area contributed by atoms with Gasteiger partial charge in [0, 0.05) is 12.1 Å². The molecule has 0 aliphatic rings. The lowest BCUT2D eigenvalue weighted by Gasteiger charge is -2.22. The molecular weight excluding hydrogens is 258 g/mol. The van der Waals surface area contributed by atoms with Crippen molar-refractivity contribution >= 4 is 0 Å². The molecule has 1 unspecified atom stereocenters. The molecule has 2 N–H and O–H groups in total. The van der Waals surface area contributed by atoms with Crippen LogP contribution in [0.1, 0.15) is 31.9 Å². The van der Waals surface area contributed by atoms with E-state index in [1.165, 1.54) is 0 Å². The summed E-state index contributed by atoms with van der Waals surface area (Å²) < 4.78 is 16.0. The van der Waals surface area contributed by atoms with Gasteiger partial charge in [-0.25, -0.2) is 0 Å². The molecule has 0 fully saturated rings. The highest BCUT2D eigenvalue weighted by Crippen LogP contribution is 2.39. The maximum atomic E-state index is 9.27. The van der Waals surface area contributed by atoms with E-state index < -0.39 is 0 Å². The van der Waals surface area contributed by atoms with Gasteiger partial charge in [0.15, 0.2) is 11.5 Å². The first-order chi connectivity index (χ1) is 9.60. The largest absolute Gasteiger partial charge is 0.493 e. The van der Waals surface area contributed by atoms with Crippen molar-refractivity contribution in [1.29, 1.82) is 0 Å². The molecule has 20 heavy (non-hydrogen) atoms. The van der Waals surface area contributed by atoms with Gasteiger partial charge in [-0.2, -0.15) is 0 Å². The minimum Gasteiger partial charge on any atom is -0.493 e. The first-order valence-corrected chi connectivity index (χ1v) is 6.78. The standard InChI is InChI=1S/C15H25NO4/c1-6-12(9-17)16-10(2)11-7-13(18-3)15(20-5)14(8-11)19-4/h7-8,10,12,16-17H,6,9H2,1-5H3/t10?,12-/m0/s1. The summed E-state index contributed by atoms with van der Waals surface area (Å²) in [6.45, 7) is 4.19. The molecule has 1 rings (SSSR count). The van der Waals surface area contributed by atoms with E-state index in [2.05, 4.69) is 5.32 Å². The molecule has 0 saturated heterocycles. The number of hydrogen-bond donors (Lipinski definition) is 2. The topological polar surface area (TPSA) is 60.0 Å². The number of ether oxygens (including phenoxy) is 3. The van der Waals surface area contributed by atoms with Crippen LogP contribution in [-0.2, 0) is 0 Å². The molecule has 0 aliphatic carbocycles. The van der Waals surface area contributed by atoms with E-state index >= 15 is 0 Å². The van der Waals surface area contributed by atoms with Gasteiger partial charge in [0.25, 0.3) is 0 Å². The second kappa shape index (κ2) is 7.97. The molecule has 0 aromatic heterocycles. The van der Waals surface area contributed by atoms with E-state index in [-0.39, 0.29) is 18.7 Å². The van der Waals surface area contributed by atoms with Crippen LogP contribution in [0.15, 0.2) is 12.1 Å². The molecule has 0 radical (unpaired) electrons. The first kappa shape index (κ1) is 16.6. The van der Waals surface area contributed by atoms with Crippen LogP contribution in [0.5, 0.6) is 17.2 Å². The van der Waals surface area contributed by atoms with Crippen LogP contribution in [0.2, 0.25) is 0 Å². The Morgan fingerprint density at radius 2 is 1.65 bits per heavy atom. The average molecular weight is 283 g/mol. The number of aliphatic hydroxyl groups is 1. The van der Waals surface area contributed by atoms with Crippen LogP contribution in [0, 0.1) is 0 Å². The summed E-state index contributed by atoms with van der Waals surface area (Å²) in [7, 11) is 4.78. The zero-order valence-electron chi connectivity index (χ0n) is 12.9. The lowest BCUT2D eigenvalue weighted by Crippen LogP contribution is -2.33. The summed E-state index contributed by atoms with van der Waals surface area (Å²) in [4.78, 5) is 0. The van der Waals surface area contributed by atoms with Crippen LogP contribution in [-0.4, -0.2) is 39.1 Å². The van der Waals surface area contributed by atoms with Crippen LogP contribution in [0.4, 0.5) is 0 Å². The van der Waals surface area contributed by atoms with Gasteiger partial charge in [0.2, 0.25) is 5.75 Å². The van der Waals surface area contributed by atoms with Crippen LogP contribution < -0.4 is 19.5 Å². The van der Waals surface area contributed by atoms with Gasteiger partial charge in [0.1, 0.15) is 0 Å².